The molecule has 0 fully saturated rings. The average molecular weight is 239 g/mol. The number of benzene rings is 1. The number of primary amides is 1. The van der Waals surface area contributed by atoms with Gasteiger partial charge in [0.15, 0.2) is 0 Å². The van der Waals surface area contributed by atoms with Crippen LogP contribution in [0.15, 0.2) is 18.2 Å². The summed E-state index contributed by atoms with van der Waals surface area (Å²) in [5.74, 6) is -0.666. The summed E-state index contributed by atoms with van der Waals surface area (Å²) in [6.45, 7) is 1.72. The molecule has 2 unspecified atom stereocenters. The lowest BCUT2D eigenvalue weighted by atomic mass is 9.98. The number of hydrogen-bond acceptors (Lipinski definition) is 4. The molecule has 1 aromatic rings. The quantitative estimate of drug-likeness (QED) is 0.569. The maximum Gasteiger partial charge on any atom is 0.220 e. The molecule has 0 saturated heterocycles. The van der Waals surface area contributed by atoms with Crippen molar-refractivity contribution >= 4 is 5.91 Å². The van der Waals surface area contributed by atoms with Crippen LogP contribution >= 0.6 is 0 Å². The Morgan fingerprint density at radius 3 is 2.53 bits per heavy atom. The van der Waals surface area contributed by atoms with Gasteiger partial charge in [0.2, 0.25) is 5.91 Å². The van der Waals surface area contributed by atoms with Crippen LogP contribution in [-0.4, -0.2) is 27.3 Å². The van der Waals surface area contributed by atoms with Crippen molar-refractivity contribution in [2.75, 3.05) is 0 Å². The first kappa shape index (κ1) is 13.6. The zero-order valence-electron chi connectivity index (χ0n) is 9.63. The lowest BCUT2D eigenvalue weighted by Crippen LogP contribution is -2.25. The number of carbonyl (C=O) groups excluding carboxylic acids is 1. The standard InChI is InChI=1S/C12H17NO4/c1-7-4-8(2-3-9(7)6-14)12(17)10(15)5-11(13)16/h2-4,10,12,14-15,17H,5-6H2,1H3,(H2,13,16). The first-order valence-corrected chi connectivity index (χ1v) is 5.30. The number of carbonyl (C=O) groups is 1. The molecule has 0 spiro atoms. The number of aliphatic hydroxyl groups excluding tert-OH is 3. The molecule has 1 rings (SSSR count). The van der Waals surface area contributed by atoms with Crippen LogP contribution in [0.4, 0.5) is 0 Å². The SMILES string of the molecule is Cc1cc(C(O)C(O)CC(N)=O)ccc1CO. The largest absolute Gasteiger partial charge is 0.392 e. The van der Waals surface area contributed by atoms with Gasteiger partial charge in [0.1, 0.15) is 6.10 Å². The van der Waals surface area contributed by atoms with Gasteiger partial charge in [-0.15, -0.1) is 0 Å². The molecular weight excluding hydrogens is 222 g/mol. The summed E-state index contributed by atoms with van der Waals surface area (Å²) in [6, 6.07) is 4.94. The lowest BCUT2D eigenvalue weighted by Gasteiger charge is -2.18. The van der Waals surface area contributed by atoms with Crippen molar-refractivity contribution in [2.24, 2.45) is 5.73 Å². The minimum absolute atomic E-state index is 0.0773. The highest BCUT2D eigenvalue weighted by molar-refractivity contribution is 5.74. The average Bonchev–Trinajstić information content (AvgIpc) is 2.27. The lowest BCUT2D eigenvalue weighted by molar-refractivity contribution is -0.121. The number of rotatable bonds is 5. The molecule has 0 aliphatic rings. The summed E-state index contributed by atoms with van der Waals surface area (Å²) in [5.41, 5.74) is 7.01. The molecule has 5 heteroatoms. The highest BCUT2D eigenvalue weighted by Gasteiger charge is 2.20. The van der Waals surface area contributed by atoms with Crippen LogP contribution in [0.2, 0.25) is 0 Å². The molecule has 0 aliphatic carbocycles. The normalized spacial score (nSPS) is 14.4. The highest BCUT2D eigenvalue weighted by Crippen LogP contribution is 2.21. The van der Waals surface area contributed by atoms with E-state index in [1.54, 1.807) is 25.1 Å². The molecule has 0 aliphatic heterocycles. The van der Waals surface area contributed by atoms with Crippen LogP contribution in [-0.2, 0) is 11.4 Å². The Bertz CT molecular complexity index is 405. The van der Waals surface area contributed by atoms with Gasteiger partial charge in [-0.1, -0.05) is 18.2 Å². The number of aliphatic hydroxyl groups is 3. The molecule has 17 heavy (non-hydrogen) atoms. The first-order chi connectivity index (χ1) is 7.95. The van der Waals surface area contributed by atoms with Gasteiger partial charge < -0.3 is 21.1 Å². The minimum atomic E-state index is -1.22. The summed E-state index contributed by atoms with van der Waals surface area (Å²) < 4.78 is 0. The molecule has 0 heterocycles. The fourth-order valence-electron chi connectivity index (χ4n) is 1.62. The van der Waals surface area contributed by atoms with Crippen molar-refractivity contribution in [3.63, 3.8) is 0 Å². The van der Waals surface area contributed by atoms with E-state index < -0.39 is 18.1 Å². The van der Waals surface area contributed by atoms with Crippen molar-refractivity contribution in [3.8, 4) is 0 Å². The molecule has 5 nitrogen and oxygen atoms in total. The Kier molecular flexibility index (Phi) is 4.62. The van der Waals surface area contributed by atoms with E-state index >= 15 is 0 Å². The van der Waals surface area contributed by atoms with Gasteiger partial charge in [-0.3, -0.25) is 4.79 Å². The van der Waals surface area contributed by atoms with Gasteiger partial charge in [-0.25, -0.2) is 0 Å². The summed E-state index contributed by atoms with van der Waals surface area (Å²) in [5, 5.41) is 28.4. The zero-order valence-corrected chi connectivity index (χ0v) is 9.63. The van der Waals surface area contributed by atoms with E-state index in [4.69, 9.17) is 10.8 Å². The number of nitrogens with two attached hydrogens (primary N) is 1. The van der Waals surface area contributed by atoms with Crippen molar-refractivity contribution in [1.82, 2.24) is 0 Å². The van der Waals surface area contributed by atoms with E-state index in [2.05, 4.69) is 0 Å². The predicted octanol–water partition coefficient (Wildman–Crippen LogP) is -0.243. The van der Waals surface area contributed by atoms with E-state index in [1.807, 2.05) is 0 Å². The summed E-state index contributed by atoms with van der Waals surface area (Å²) in [6.07, 6.45) is -2.66. The second-order valence-corrected chi connectivity index (χ2v) is 4.03. The molecule has 2 atom stereocenters. The van der Waals surface area contributed by atoms with Gasteiger partial charge >= 0.3 is 0 Å². The van der Waals surface area contributed by atoms with Gasteiger partial charge in [0.25, 0.3) is 0 Å². The summed E-state index contributed by atoms with van der Waals surface area (Å²) in [4.78, 5) is 10.6. The second kappa shape index (κ2) is 5.77. The fraction of sp³-hybridized carbons (Fsp3) is 0.417. The first-order valence-electron chi connectivity index (χ1n) is 5.30. The monoisotopic (exact) mass is 239 g/mol. The molecule has 5 N–H and O–H groups in total. The predicted molar refractivity (Wildman–Crippen MR) is 61.9 cm³/mol. The van der Waals surface area contributed by atoms with Crippen LogP contribution in [0.25, 0.3) is 0 Å². The van der Waals surface area contributed by atoms with Gasteiger partial charge in [-0.05, 0) is 23.6 Å². The maximum absolute atomic E-state index is 10.6. The van der Waals surface area contributed by atoms with E-state index in [0.29, 0.717) is 5.56 Å². The fourth-order valence-corrected chi connectivity index (χ4v) is 1.62. The van der Waals surface area contributed by atoms with E-state index in [0.717, 1.165) is 11.1 Å². The zero-order chi connectivity index (χ0) is 13.0. The topological polar surface area (TPSA) is 104 Å². The Morgan fingerprint density at radius 2 is 2.06 bits per heavy atom. The Hall–Kier alpha value is -1.43. The summed E-state index contributed by atoms with van der Waals surface area (Å²) >= 11 is 0. The molecular formula is C12H17NO4. The molecule has 0 bridgehead atoms. The summed E-state index contributed by atoms with van der Waals surface area (Å²) in [7, 11) is 0. The van der Waals surface area contributed by atoms with Crippen LogP contribution < -0.4 is 5.73 Å². The smallest absolute Gasteiger partial charge is 0.220 e. The van der Waals surface area contributed by atoms with Crippen LogP contribution in [0, 0.1) is 6.92 Å². The van der Waals surface area contributed by atoms with E-state index in [-0.39, 0.29) is 13.0 Å². The Labute approximate surface area is 99.5 Å². The van der Waals surface area contributed by atoms with Crippen molar-refractivity contribution in [3.05, 3.63) is 34.9 Å². The molecule has 1 amide bonds. The molecule has 0 aromatic heterocycles. The third-order valence-corrected chi connectivity index (χ3v) is 2.65. The molecule has 0 saturated carbocycles. The second-order valence-electron chi connectivity index (χ2n) is 4.03. The van der Waals surface area contributed by atoms with Gasteiger partial charge in [0.05, 0.1) is 19.1 Å². The van der Waals surface area contributed by atoms with Gasteiger partial charge in [-0.2, -0.15) is 0 Å². The highest BCUT2D eigenvalue weighted by atomic mass is 16.3. The third-order valence-electron chi connectivity index (χ3n) is 2.65. The number of aryl methyl sites for hydroxylation is 1. The third kappa shape index (κ3) is 3.52. The van der Waals surface area contributed by atoms with Crippen LogP contribution in [0.5, 0.6) is 0 Å². The van der Waals surface area contributed by atoms with E-state index in [1.165, 1.54) is 0 Å². The Morgan fingerprint density at radius 1 is 1.41 bits per heavy atom. The van der Waals surface area contributed by atoms with Crippen molar-refractivity contribution in [2.45, 2.75) is 32.2 Å². The number of amides is 1. The minimum Gasteiger partial charge on any atom is -0.392 e. The Balaban J connectivity index is 2.85. The van der Waals surface area contributed by atoms with Crippen molar-refractivity contribution < 1.29 is 20.1 Å². The van der Waals surface area contributed by atoms with Crippen LogP contribution in [0.1, 0.15) is 29.2 Å². The van der Waals surface area contributed by atoms with Crippen LogP contribution in [0.3, 0.4) is 0 Å². The van der Waals surface area contributed by atoms with Crippen molar-refractivity contribution in [1.29, 1.82) is 0 Å². The maximum atomic E-state index is 10.6. The molecule has 1 aromatic carbocycles. The van der Waals surface area contributed by atoms with Gasteiger partial charge in [0, 0.05) is 0 Å². The number of hydrogen-bond donors (Lipinski definition) is 4. The molecule has 94 valence electrons. The molecule has 0 radical (unpaired) electrons. The van der Waals surface area contributed by atoms with E-state index in [9.17, 15) is 15.0 Å².